The third kappa shape index (κ3) is 8.41. The lowest BCUT2D eigenvalue weighted by atomic mass is 9.69. The number of hydrogen-bond acceptors (Lipinski definition) is 15. The number of rotatable bonds is 17. The molecule has 0 radical (unpaired) electrons. The summed E-state index contributed by atoms with van der Waals surface area (Å²) in [5.41, 5.74) is 3.29. The number of benzene rings is 3. The molecular formula is C51H61N6O10+. The van der Waals surface area contributed by atoms with Crippen LogP contribution in [0.5, 0.6) is 23.3 Å². The van der Waals surface area contributed by atoms with Gasteiger partial charge in [-0.1, -0.05) is 12.1 Å². The Bertz CT molecular complexity index is 2710. The van der Waals surface area contributed by atoms with E-state index in [9.17, 15) is 30.6 Å². The molecule has 6 aliphatic heterocycles. The van der Waals surface area contributed by atoms with E-state index in [0.717, 1.165) is 58.7 Å². The predicted molar refractivity (Wildman–Crippen MR) is 249 cm³/mol. The molecule has 0 amide bonds. The highest BCUT2D eigenvalue weighted by atomic mass is 16.5. The van der Waals surface area contributed by atoms with Crippen molar-refractivity contribution in [2.45, 2.75) is 68.3 Å². The van der Waals surface area contributed by atoms with Crippen LogP contribution >= 0.6 is 0 Å². The average molecular weight is 918 g/mol. The monoisotopic (exact) mass is 917 g/mol. The van der Waals surface area contributed by atoms with Crippen molar-refractivity contribution in [3.8, 4) is 23.3 Å². The Hall–Kier alpha value is -5.30. The van der Waals surface area contributed by atoms with Crippen molar-refractivity contribution in [2.24, 2.45) is 23.7 Å². The number of ether oxygens (including phenoxy) is 4. The molecule has 12 rings (SSSR count). The second kappa shape index (κ2) is 19.0. The smallest absolute Gasteiger partial charge is 0.242 e. The zero-order valence-electron chi connectivity index (χ0n) is 37.9. The standard InChI is InChI=1S/C51H61N6O10/c1-64-32-7-9-42-38(21-32)34(11-15-52-42)48(44-19-29-13-17-56(44)23-40(29)46(62)27-59)66-50-36-5-3-4-6-37(36)51(55-54-50)67-49(35-12-16-53-43-10-8-33(65-2)22-39(35)43)45-20-30-14-18-57(45,24-31(61)26-58)25-41(30)47(63)28-60/h3-12,15-16,21-22,29-31,40-41,44-49,58-63H,13-14,17-20,23-28H2,1-2H3/q+1/t29-,30-,31?,40-,41-,44+,45+,46?,47?,48-,49-,57+/m0/s1. The summed E-state index contributed by atoms with van der Waals surface area (Å²) in [5.74, 6) is 1.94. The summed E-state index contributed by atoms with van der Waals surface area (Å²) in [6.07, 6.45) is 2.64. The van der Waals surface area contributed by atoms with Crippen molar-refractivity contribution in [3.05, 3.63) is 96.3 Å². The first-order chi connectivity index (χ1) is 32.6. The molecule has 0 spiro atoms. The van der Waals surface area contributed by atoms with E-state index in [-0.39, 0.29) is 61.4 Å². The van der Waals surface area contributed by atoms with Gasteiger partial charge in [0.25, 0.3) is 0 Å². The van der Waals surface area contributed by atoms with Crippen LogP contribution in [-0.4, -0.2) is 157 Å². The summed E-state index contributed by atoms with van der Waals surface area (Å²) >= 11 is 0. The number of hydrogen-bond donors (Lipinski definition) is 6. The van der Waals surface area contributed by atoms with E-state index in [2.05, 4.69) is 4.90 Å². The minimum absolute atomic E-state index is 0.0526. The third-order valence-corrected chi connectivity index (χ3v) is 15.7. The number of pyridine rings is 2. The molecule has 6 saturated heterocycles. The zero-order valence-corrected chi connectivity index (χ0v) is 37.9. The zero-order chi connectivity index (χ0) is 46.4. The Morgan fingerprint density at radius 1 is 0.672 bits per heavy atom. The van der Waals surface area contributed by atoms with E-state index in [0.29, 0.717) is 58.7 Å². The van der Waals surface area contributed by atoms with E-state index >= 15 is 0 Å². The van der Waals surface area contributed by atoms with Crippen LogP contribution in [0.2, 0.25) is 0 Å². The van der Waals surface area contributed by atoms with Crippen molar-refractivity contribution in [2.75, 3.05) is 66.8 Å². The molecule has 4 bridgehead atoms. The van der Waals surface area contributed by atoms with Crippen LogP contribution in [0.1, 0.15) is 49.0 Å². The minimum Gasteiger partial charge on any atom is -0.497 e. The van der Waals surface area contributed by atoms with Crippen molar-refractivity contribution < 1.29 is 54.1 Å². The summed E-state index contributed by atoms with van der Waals surface area (Å²) < 4.78 is 26.3. The predicted octanol–water partition coefficient (Wildman–Crippen LogP) is 3.98. The molecule has 16 heteroatoms. The van der Waals surface area contributed by atoms with Crippen LogP contribution in [0.25, 0.3) is 32.6 Å². The van der Waals surface area contributed by atoms with E-state index in [1.807, 2.05) is 72.8 Å². The summed E-state index contributed by atoms with van der Waals surface area (Å²) in [5, 5.41) is 76.3. The van der Waals surface area contributed by atoms with Gasteiger partial charge < -0.3 is 54.1 Å². The largest absolute Gasteiger partial charge is 0.497 e. The molecule has 6 aliphatic rings. The Morgan fingerprint density at radius 3 is 1.82 bits per heavy atom. The first kappa shape index (κ1) is 45.5. The van der Waals surface area contributed by atoms with Gasteiger partial charge in [0, 0.05) is 65.5 Å². The molecule has 9 heterocycles. The van der Waals surface area contributed by atoms with Crippen LogP contribution in [0.15, 0.2) is 85.2 Å². The summed E-state index contributed by atoms with van der Waals surface area (Å²) in [6, 6.07) is 22.9. The SMILES string of the molecule is COc1ccc2nccc([C@H](Oc3nnc(O[C@@H](c4ccnc5ccc(OC)cc45)[C@H]4C[C@@H]5CC[N@@+]4(CC(O)CO)C[C@@H]5C(O)CO)c4ccccc34)[C@H]3C[C@@H]4CCN3C[C@@H]4C(O)CO)c2c1. The molecule has 0 saturated carbocycles. The summed E-state index contributed by atoms with van der Waals surface area (Å²) in [4.78, 5) is 11.8. The minimum atomic E-state index is -1.02. The second-order valence-corrected chi connectivity index (χ2v) is 19.2. The van der Waals surface area contributed by atoms with Crippen molar-refractivity contribution >= 4 is 32.6 Å². The Morgan fingerprint density at radius 2 is 1.25 bits per heavy atom. The van der Waals surface area contributed by atoms with Gasteiger partial charge in [-0.15, -0.1) is 10.2 Å². The fraction of sp³-hybridized carbons (Fsp3) is 0.490. The second-order valence-electron chi connectivity index (χ2n) is 19.2. The Kier molecular flexibility index (Phi) is 12.9. The fourth-order valence-corrected chi connectivity index (χ4v) is 12.4. The molecule has 6 aromatic rings. The molecule has 0 aliphatic carbocycles. The van der Waals surface area contributed by atoms with Gasteiger partial charge in [-0.2, -0.15) is 0 Å². The van der Waals surface area contributed by atoms with E-state index in [1.165, 1.54) is 0 Å². The van der Waals surface area contributed by atoms with E-state index in [4.69, 9.17) is 39.1 Å². The fourth-order valence-electron chi connectivity index (χ4n) is 12.4. The number of quaternary nitrogens is 1. The molecule has 6 N–H and O–H groups in total. The molecular weight excluding hydrogens is 857 g/mol. The molecule has 67 heavy (non-hydrogen) atoms. The van der Waals surface area contributed by atoms with Crippen LogP contribution in [-0.2, 0) is 0 Å². The number of aliphatic hydroxyl groups excluding tert-OH is 6. The normalized spacial score (nSPS) is 28.0. The highest BCUT2D eigenvalue weighted by molar-refractivity contribution is 5.91. The third-order valence-electron chi connectivity index (χ3n) is 15.7. The lowest BCUT2D eigenvalue weighted by Gasteiger charge is -2.59. The number of methoxy groups -OCH3 is 2. The molecule has 4 unspecified atom stereocenters. The molecule has 16 nitrogen and oxygen atoms in total. The number of aliphatic hydroxyl groups is 6. The molecule has 6 fully saturated rings. The van der Waals surface area contributed by atoms with E-state index in [1.54, 1.807) is 26.6 Å². The Balaban J connectivity index is 1.08. The Labute approximate surface area is 388 Å². The average Bonchev–Trinajstić information content (AvgIpc) is 3.38. The van der Waals surface area contributed by atoms with Gasteiger partial charge >= 0.3 is 0 Å². The number of aromatic nitrogens is 4. The van der Waals surface area contributed by atoms with Gasteiger partial charge in [-0.05, 0) is 91.9 Å². The highest BCUT2D eigenvalue weighted by Crippen LogP contribution is 2.50. The number of nitrogens with zero attached hydrogens (tertiary/aromatic N) is 6. The van der Waals surface area contributed by atoms with Gasteiger partial charge in [0.05, 0.1) is 87.2 Å². The van der Waals surface area contributed by atoms with Crippen molar-refractivity contribution in [3.63, 3.8) is 0 Å². The quantitative estimate of drug-likeness (QED) is 0.0715. The van der Waals surface area contributed by atoms with Crippen LogP contribution in [0.3, 0.4) is 0 Å². The number of fused-ring (bicyclic) bond motifs is 9. The van der Waals surface area contributed by atoms with E-state index < -0.39 is 37.1 Å². The van der Waals surface area contributed by atoms with Crippen LogP contribution in [0.4, 0.5) is 0 Å². The molecule has 354 valence electrons. The molecule has 13 atom stereocenters. The van der Waals surface area contributed by atoms with Crippen LogP contribution in [0, 0.1) is 23.7 Å². The topological polar surface area (TPSA) is 213 Å². The lowest BCUT2D eigenvalue weighted by Crippen LogP contribution is -2.72. The van der Waals surface area contributed by atoms with Gasteiger partial charge in [-0.25, -0.2) is 0 Å². The van der Waals surface area contributed by atoms with Gasteiger partial charge in [0.2, 0.25) is 11.8 Å². The first-order valence-corrected chi connectivity index (χ1v) is 23.6. The summed E-state index contributed by atoms with van der Waals surface area (Å²) in [7, 11) is 3.26. The number of piperidine rings is 6. The van der Waals surface area contributed by atoms with Crippen molar-refractivity contribution in [1.29, 1.82) is 0 Å². The maximum atomic E-state index is 11.2. The molecule has 3 aromatic carbocycles. The highest BCUT2D eigenvalue weighted by Gasteiger charge is 2.58. The van der Waals surface area contributed by atoms with Crippen LogP contribution < -0.4 is 18.9 Å². The molecule has 3 aromatic heterocycles. The lowest BCUT2D eigenvalue weighted by molar-refractivity contribution is -0.976. The maximum absolute atomic E-state index is 11.2. The van der Waals surface area contributed by atoms with Crippen molar-refractivity contribution in [1.82, 2.24) is 25.1 Å². The van der Waals surface area contributed by atoms with Gasteiger partial charge in [0.15, 0.2) is 6.10 Å². The first-order valence-electron chi connectivity index (χ1n) is 23.6. The summed E-state index contributed by atoms with van der Waals surface area (Å²) in [6.45, 7) is 1.77. The van der Waals surface area contributed by atoms with Gasteiger partial charge in [0.1, 0.15) is 36.3 Å². The van der Waals surface area contributed by atoms with Gasteiger partial charge in [-0.3, -0.25) is 14.9 Å². The maximum Gasteiger partial charge on any atom is 0.242 e.